The maximum atomic E-state index is 6.06. The van der Waals surface area contributed by atoms with Crippen molar-refractivity contribution in [3.8, 4) is 0 Å². The number of hydrogen-bond donors (Lipinski definition) is 1. The molecule has 2 aliphatic rings. The zero-order valence-electron chi connectivity index (χ0n) is 10.9. The summed E-state index contributed by atoms with van der Waals surface area (Å²) in [7, 11) is 2.10. The van der Waals surface area contributed by atoms with E-state index in [9.17, 15) is 0 Å². The minimum atomic E-state index is 0.0782. The second-order valence-electron chi connectivity index (χ2n) is 5.08. The van der Waals surface area contributed by atoms with Crippen LogP contribution in [0.3, 0.4) is 0 Å². The van der Waals surface area contributed by atoms with Gasteiger partial charge in [0.05, 0.1) is 18.4 Å². The monoisotopic (exact) mass is 240 g/mol. The number of rotatable bonds is 4. The third-order valence-electron chi connectivity index (χ3n) is 3.65. The summed E-state index contributed by atoms with van der Waals surface area (Å²) in [5.74, 6) is 0. The molecule has 3 atom stereocenters. The van der Waals surface area contributed by atoms with Gasteiger partial charge in [-0.05, 0) is 19.3 Å². The molecule has 0 spiro atoms. The van der Waals surface area contributed by atoms with Crippen LogP contribution in [0.25, 0.3) is 0 Å². The van der Waals surface area contributed by atoms with Gasteiger partial charge in [0.15, 0.2) is 0 Å². The summed E-state index contributed by atoms with van der Waals surface area (Å²) in [6, 6.07) is 0.555. The van der Waals surface area contributed by atoms with Crippen molar-refractivity contribution in [1.29, 1.82) is 0 Å². The van der Waals surface area contributed by atoms with Gasteiger partial charge in [0, 0.05) is 25.9 Å². The van der Waals surface area contributed by atoms with Crippen LogP contribution in [0.2, 0.25) is 0 Å². The molecular formula is C13H24N2O2. The fourth-order valence-corrected chi connectivity index (χ4v) is 2.61. The first kappa shape index (κ1) is 12.7. The maximum absolute atomic E-state index is 6.06. The molecule has 1 fully saturated rings. The minimum absolute atomic E-state index is 0.0782. The molecule has 0 saturated carbocycles. The highest BCUT2D eigenvalue weighted by molar-refractivity contribution is 5.09. The fraction of sp³-hybridized carbons (Fsp3) is 0.846. The van der Waals surface area contributed by atoms with Crippen molar-refractivity contribution in [2.24, 2.45) is 5.73 Å². The van der Waals surface area contributed by atoms with Crippen molar-refractivity contribution in [2.75, 3.05) is 20.3 Å². The molecule has 0 radical (unpaired) electrons. The smallest absolute Gasteiger partial charge is 0.101 e. The van der Waals surface area contributed by atoms with Gasteiger partial charge in [0.2, 0.25) is 0 Å². The highest BCUT2D eigenvalue weighted by Gasteiger charge is 2.29. The lowest BCUT2D eigenvalue weighted by atomic mass is 9.98. The molecule has 2 heterocycles. The standard InChI is InChI=1S/C13H24N2O2/c1-3-4-10-7-13(12(14)8-15(10)2)17-11-5-6-16-9-11/h8,10-11,13H,3-7,9,14H2,1-2H3. The molecule has 0 bridgehead atoms. The molecule has 17 heavy (non-hydrogen) atoms. The van der Waals surface area contributed by atoms with Crippen molar-refractivity contribution >= 4 is 0 Å². The van der Waals surface area contributed by atoms with Crippen LogP contribution in [-0.2, 0) is 9.47 Å². The SMILES string of the molecule is CCCC1CC(OC2CCOC2)C(N)=CN1C. The molecule has 2 N–H and O–H groups in total. The van der Waals surface area contributed by atoms with Gasteiger partial charge in [0.1, 0.15) is 6.10 Å². The van der Waals surface area contributed by atoms with Crippen molar-refractivity contribution in [2.45, 2.75) is 50.9 Å². The molecule has 0 aromatic heterocycles. The Bertz CT molecular complexity index is 275. The van der Waals surface area contributed by atoms with Gasteiger partial charge >= 0.3 is 0 Å². The van der Waals surface area contributed by atoms with E-state index >= 15 is 0 Å². The maximum Gasteiger partial charge on any atom is 0.101 e. The van der Waals surface area contributed by atoms with E-state index < -0.39 is 0 Å². The fourth-order valence-electron chi connectivity index (χ4n) is 2.61. The van der Waals surface area contributed by atoms with Gasteiger partial charge < -0.3 is 20.1 Å². The molecule has 4 nitrogen and oxygen atoms in total. The second-order valence-corrected chi connectivity index (χ2v) is 5.08. The van der Waals surface area contributed by atoms with Gasteiger partial charge in [-0.1, -0.05) is 13.3 Å². The Balaban J connectivity index is 1.94. The van der Waals surface area contributed by atoms with Crippen molar-refractivity contribution in [3.63, 3.8) is 0 Å². The highest BCUT2D eigenvalue weighted by atomic mass is 16.6. The van der Waals surface area contributed by atoms with Crippen molar-refractivity contribution in [3.05, 3.63) is 11.9 Å². The average molecular weight is 240 g/mol. The molecule has 1 saturated heterocycles. The largest absolute Gasteiger partial charge is 0.399 e. The average Bonchev–Trinajstić information content (AvgIpc) is 2.78. The van der Waals surface area contributed by atoms with Crippen LogP contribution in [0.1, 0.15) is 32.6 Å². The van der Waals surface area contributed by atoms with E-state index in [1.54, 1.807) is 0 Å². The Hall–Kier alpha value is -0.740. The van der Waals surface area contributed by atoms with Crippen molar-refractivity contribution in [1.82, 2.24) is 4.90 Å². The van der Waals surface area contributed by atoms with E-state index in [-0.39, 0.29) is 12.2 Å². The van der Waals surface area contributed by atoms with Crippen LogP contribution >= 0.6 is 0 Å². The Labute approximate surface area is 104 Å². The number of hydrogen-bond acceptors (Lipinski definition) is 4. The Morgan fingerprint density at radius 1 is 1.59 bits per heavy atom. The summed E-state index contributed by atoms with van der Waals surface area (Å²) in [5.41, 5.74) is 6.91. The van der Waals surface area contributed by atoms with E-state index in [0.717, 1.165) is 31.8 Å². The van der Waals surface area contributed by atoms with Crippen molar-refractivity contribution < 1.29 is 9.47 Å². The lowest BCUT2D eigenvalue weighted by Gasteiger charge is -2.36. The van der Waals surface area contributed by atoms with Crippen LogP contribution in [0.5, 0.6) is 0 Å². The number of nitrogens with two attached hydrogens (primary N) is 1. The summed E-state index contributed by atoms with van der Waals surface area (Å²) in [5, 5.41) is 0. The summed E-state index contributed by atoms with van der Waals surface area (Å²) >= 11 is 0. The van der Waals surface area contributed by atoms with Gasteiger partial charge in [-0.25, -0.2) is 0 Å². The second kappa shape index (κ2) is 5.74. The number of nitrogens with zero attached hydrogens (tertiary/aromatic N) is 1. The molecule has 0 amide bonds. The Kier molecular flexibility index (Phi) is 4.29. The van der Waals surface area contributed by atoms with E-state index in [2.05, 4.69) is 18.9 Å². The Morgan fingerprint density at radius 2 is 2.41 bits per heavy atom. The van der Waals surface area contributed by atoms with Gasteiger partial charge in [-0.15, -0.1) is 0 Å². The lowest BCUT2D eigenvalue weighted by Crippen LogP contribution is -2.41. The predicted octanol–water partition coefficient (Wildman–Crippen LogP) is 1.46. The van der Waals surface area contributed by atoms with Crippen LogP contribution in [0, 0.1) is 0 Å². The summed E-state index contributed by atoms with van der Waals surface area (Å²) < 4.78 is 11.4. The first-order chi connectivity index (χ1) is 8.20. The third kappa shape index (κ3) is 3.13. The lowest BCUT2D eigenvalue weighted by molar-refractivity contribution is -0.0182. The van der Waals surface area contributed by atoms with Crippen LogP contribution in [-0.4, -0.2) is 43.4 Å². The summed E-state index contributed by atoms with van der Waals surface area (Å²) in [4.78, 5) is 2.23. The molecule has 98 valence electrons. The first-order valence-corrected chi connectivity index (χ1v) is 6.63. The Morgan fingerprint density at radius 3 is 3.06 bits per heavy atom. The van der Waals surface area contributed by atoms with E-state index in [1.807, 2.05) is 6.20 Å². The summed E-state index contributed by atoms with van der Waals surface area (Å²) in [6.07, 6.45) is 6.74. The molecule has 2 rings (SSSR count). The molecule has 4 heteroatoms. The van der Waals surface area contributed by atoms with Gasteiger partial charge in [0.25, 0.3) is 0 Å². The van der Waals surface area contributed by atoms with E-state index in [4.69, 9.17) is 15.2 Å². The molecular weight excluding hydrogens is 216 g/mol. The molecule has 3 unspecified atom stereocenters. The van der Waals surface area contributed by atoms with E-state index in [1.165, 1.54) is 12.8 Å². The topological polar surface area (TPSA) is 47.7 Å². The molecule has 0 aliphatic carbocycles. The normalized spacial score (nSPS) is 33.9. The van der Waals surface area contributed by atoms with Gasteiger partial charge in [-0.3, -0.25) is 0 Å². The van der Waals surface area contributed by atoms with Crippen LogP contribution in [0.15, 0.2) is 11.9 Å². The minimum Gasteiger partial charge on any atom is -0.399 e. The molecule has 2 aliphatic heterocycles. The first-order valence-electron chi connectivity index (χ1n) is 6.63. The zero-order valence-corrected chi connectivity index (χ0v) is 10.9. The van der Waals surface area contributed by atoms with Crippen LogP contribution in [0.4, 0.5) is 0 Å². The zero-order chi connectivity index (χ0) is 12.3. The molecule has 0 aromatic rings. The van der Waals surface area contributed by atoms with Crippen LogP contribution < -0.4 is 5.73 Å². The number of ether oxygens (including phenoxy) is 2. The quantitative estimate of drug-likeness (QED) is 0.808. The summed E-state index contributed by atoms with van der Waals surface area (Å²) in [6.45, 7) is 3.76. The highest BCUT2D eigenvalue weighted by Crippen LogP contribution is 2.25. The van der Waals surface area contributed by atoms with Gasteiger partial charge in [-0.2, -0.15) is 0 Å². The third-order valence-corrected chi connectivity index (χ3v) is 3.65. The van der Waals surface area contributed by atoms with E-state index in [0.29, 0.717) is 6.04 Å². The predicted molar refractivity (Wildman–Crippen MR) is 67.4 cm³/mol. The molecule has 0 aromatic carbocycles.